The lowest BCUT2D eigenvalue weighted by Crippen LogP contribution is -1.84. The minimum Gasteiger partial charge on any atom is -0.197 e. The van der Waals surface area contributed by atoms with Gasteiger partial charge in [0.25, 0.3) is 0 Å². The number of unbranched alkanes of at least 4 members (excludes halogenated alkanes) is 1. The Labute approximate surface area is 67.1 Å². The molecule has 0 unspecified atom stereocenters. The van der Waals surface area contributed by atoms with Crippen LogP contribution in [0.4, 0.5) is 0 Å². The van der Waals surface area contributed by atoms with Crippen LogP contribution in [0, 0.1) is 28.6 Å². The van der Waals surface area contributed by atoms with Crippen molar-refractivity contribution in [1.29, 1.82) is 10.5 Å². The first-order valence-corrected chi connectivity index (χ1v) is 3.42. The van der Waals surface area contributed by atoms with Gasteiger partial charge in [0, 0.05) is 0 Å². The molecule has 0 atom stereocenters. The molecule has 2 nitrogen and oxygen atoms in total. The van der Waals surface area contributed by atoms with Crippen molar-refractivity contribution < 1.29 is 0 Å². The van der Waals surface area contributed by atoms with Gasteiger partial charge in [0.1, 0.15) is 0 Å². The zero-order valence-corrected chi connectivity index (χ0v) is 6.33. The molecule has 0 spiro atoms. The fraction of sp³-hybridized carbons (Fsp3) is 0.333. The minimum atomic E-state index is -0.597. The molecular formula is C9H10N2. The summed E-state index contributed by atoms with van der Waals surface area (Å²) in [4.78, 5) is 0. The summed E-state index contributed by atoms with van der Waals surface area (Å²) in [7, 11) is 0. The van der Waals surface area contributed by atoms with E-state index in [4.69, 9.17) is 10.5 Å². The number of hydrogen-bond donors (Lipinski definition) is 0. The van der Waals surface area contributed by atoms with Gasteiger partial charge in [0.2, 0.25) is 0 Å². The molecule has 11 heavy (non-hydrogen) atoms. The summed E-state index contributed by atoms with van der Waals surface area (Å²) in [6.45, 7) is 3.55. The van der Waals surface area contributed by atoms with Gasteiger partial charge in [-0.25, -0.2) is 0 Å². The van der Waals surface area contributed by atoms with E-state index in [9.17, 15) is 0 Å². The van der Waals surface area contributed by atoms with Crippen LogP contribution in [0.25, 0.3) is 0 Å². The van der Waals surface area contributed by atoms with Crippen LogP contribution < -0.4 is 0 Å². The van der Waals surface area contributed by atoms with E-state index in [0.29, 0.717) is 0 Å². The monoisotopic (exact) mass is 146 g/mol. The number of nitrogens with zero attached hydrogens (tertiary/aromatic N) is 2. The van der Waals surface area contributed by atoms with Crippen LogP contribution in [-0.2, 0) is 0 Å². The molecular weight excluding hydrogens is 136 g/mol. The van der Waals surface area contributed by atoms with Gasteiger partial charge in [-0.05, 0) is 12.8 Å². The van der Waals surface area contributed by atoms with E-state index < -0.39 is 5.92 Å². The van der Waals surface area contributed by atoms with Gasteiger partial charge in [-0.15, -0.1) is 6.58 Å². The second kappa shape index (κ2) is 6.58. The van der Waals surface area contributed by atoms with Gasteiger partial charge in [-0.1, -0.05) is 18.2 Å². The van der Waals surface area contributed by atoms with E-state index in [1.165, 1.54) is 0 Å². The van der Waals surface area contributed by atoms with E-state index in [2.05, 4.69) is 6.58 Å². The molecule has 0 aromatic heterocycles. The highest BCUT2D eigenvalue weighted by Gasteiger charge is 1.95. The molecule has 0 bridgehead atoms. The second-order valence-electron chi connectivity index (χ2n) is 2.03. The molecule has 0 amide bonds. The quantitative estimate of drug-likeness (QED) is 0.450. The minimum absolute atomic E-state index is 0.597. The van der Waals surface area contributed by atoms with Crippen LogP contribution in [0.3, 0.4) is 0 Å². The Morgan fingerprint density at radius 1 is 1.27 bits per heavy atom. The average molecular weight is 146 g/mol. The third-order valence-electron chi connectivity index (χ3n) is 1.14. The first-order chi connectivity index (χ1) is 5.35. The molecule has 2 heteroatoms. The maximum absolute atomic E-state index is 8.34. The van der Waals surface area contributed by atoms with E-state index in [1.54, 1.807) is 12.2 Å². The van der Waals surface area contributed by atoms with E-state index in [1.807, 2.05) is 18.2 Å². The summed E-state index contributed by atoms with van der Waals surface area (Å²) < 4.78 is 0. The Bertz CT molecular complexity index is 201. The predicted molar refractivity (Wildman–Crippen MR) is 43.3 cm³/mol. The van der Waals surface area contributed by atoms with Crippen LogP contribution in [-0.4, -0.2) is 0 Å². The van der Waals surface area contributed by atoms with E-state index in [0.717, 1.165) is 12.8 Å². The summed E-state index contributed by atoms with van der Waals surface area (Å²) in [6, 6.07) is 3.71. The molecule has 0 aromatic rings. The number of hydrogen-bond acceptors (Lipinski definition) is 2. The number of allylic oxidation sites excluding steroid dienone is 3. The molecule has 0 radical (unpaired) electrons. The zero-order valence-electron chi connectivity index (χ0n) is 6.33. The molecule has 0 saturated carbocycles. The van der Waals surface area contributed by atoms with Crippen molar-refractivity contribution in [2.45, 2.75) is 12.8 Å². The summed E-state index contributed by atoms with van der Waals surface area (Å²) in [5.41, 5.74) is 0. The van der Waals surface area contributed by atoms with Gasteiger partial charge in [-0.3, -0.25) is 0 Å². The lowest BCUT2D eigenvalue weighted by Gasteiger charge is -1.86. The third kappa shape index (κ3) is 4.93. The highest BCUT2D eigenvalue weighted by atomic mass is 14.3. The topological polar surface area (TPSA) is 47.6 Å². The molecule has 0 fully saturated rings. The Morgan fingerprint density at radius 2 is 1.91 bits per heavy atom. The van der Waals surface area contributed by atoms with Crippen molar-refractivity contribution >= 4 is 0 Å². The van der Waals surface area contributed by atoms with Crippen LogP contribution in [0.2, 0.25) is 0 Å². The summed E-state index contributed by atoms with van der Waals surface area (Å²) in [5, 5.41) is 16.7. The van der Waals surface area contributed by atoms with Crippen LogP contribution in [0.15, 0.2) is 24.8 Å². The molecule has 0 heterocycles. The average Bonchev–Trinajstić information content (AvgIpc) is 2.05. The van der Waals surface area contributed by atoms with Gasteiger partial charge < -0.3 is 0 Å². The normalized spacial score (nSPS) is 9.36. The number of nitriles is 2. The Morgan fingerprint density at radius 3 is 2.36 bits per heavy atom. The summed E-state index contributed by atoms with van der Waals surface area (Å²) in [5.74, 6) is -0.597. The lowest BCUT2D eigenvalue weighted by atomic mass is 10.1. The molecule has 0 aromatic carbocycles. The highest BCUT2D eigenvalue weighted by Crippen LogP contribution is 1.97. The molecule has 0 aliphatic rings. The Balaban J connectivity index is 3.66. The van der Waals surface area contributed by atoms with Gasteiger partial charge in [0.05, 0.1) is 12.1 Å². The van der Waals surface area contributed by atoms with E-state index >= 15 is 0 Å². The van der Waals surface area contributed by atoms with Crippen molar-refractivity contribution in [3.05, 3.63) is 24.8 Å². The maximum atomic E-state index is 8.34. The van der Waals surface area contributed by atoms with Gasteiger partial charge in [0.15, 0.2) is 5.92 Å². The summed E-state index contributed by atoms with van der Waals surface area (Å²) in [6.07, 6.45) is 6.99. The molecule has 56 valence electrons. The molecule has 0 rings (SSSR count). The fourth-order valence-electron chi connectivity index (χ4n) is 0.561. The standard InChI is InChI=1S/C9H10N2/c1-2-3-4-5-6-9(7-10)8-11/h2,5-6,9H,1,3-4H2/b6-5+. The molecule has 0 aliphatic heterocycles. The Hall–Kier alpha value is -1.54. The van der Waals surface area contributed by atoms with Crippen molar-refractivity contribution in [1.82, 2.24) is 0 Å². The first-order valence-electron chi connectivity index (χ1n) is 3.42. The maximum Gasteiger partial charge on any atom is 0.151 e. The molecule has 0 saturated heterocycles. The summed E-state index contributed by atoms with van der Waals surface area (Å²) >= 11 is 0. The highest BCUT2D eigenvalue weighted by molar-refractivity contribution is 5.11. The van der Waals surface area contributed by atoms with Gasteiger partial charge >= 0.3 is 0 Å². The zero-order chi connectivity index (χ0) is 8.53. The third-order valence-corrected chi connectivity index (χ3v) is 1.14. The molecule has 0 N–H and O–H groups in total. The van der Waals surface area contributed by atoms with Gasteiger partial charge in [-0.2, -0.15) is 10.5 Å². The van der Waals surface area contributed by atoms with E-state index in [-0.39, 0.29) is 0 Å². The van der Waals surface area contributed by atoms with Crippen molar-refractivity contribution in [2.24, 2.45) is 5.92 Å². The van der Waals surface area contributed by atoms with Crippen LogP contribution >= 0.6 is 0 Å². The van der Waals surface area contributed by atoms with Crippen molar-refractivity contribution in [2.75, 3.05) is 0 Å². The fourth-order valence-corrected chi connectivity index (χ4v) is 0.561. The lowest BCUT2D eigenvalue weighted by molar-refractivity contribution is 1.02. The smallest absolute Gasteiger partial charge is 0.151 e. The molecule has 0 aliphatic carbocycles. The first kappa shape index (κ1) is 9.46. The van der Waals surface area contributed by atoms with Crippen molar-refractivity contribution in [3.8, 4) is 12.1 Å². The number of rotatable bonds is 4. The second-order valence-corrected chi connectivity index (χ2v) is 2.03. The van der Waals surface area contributed by atoms with Crippen molar-refractivity contribution in [3.63, 3.8) is 0 Å². The largest absolute Gasteiger partial charge is 0.197 e. The predicted octanol–water partition coefficient (Wildman–Crippen LogP) is 2.17. The van der Waals surface area contributed by atoms with Crippen LogP contribution in [0.5, 0.6) is 0 Å². The Kier molecular flexibility index (Phi) is 5.66. The SMILES string of the molecule is C=CCC/C=C/C(C#N)C#N. The van der Waals surface area contributed by atoms with Crippen LogP contribution in [0.1, 0.15) is 12.8 Å².